The minimum Gasteiger partial charge on any atom is -0.418 e. The summed E-state index contributed by atoms with van der Waals surface area (Å²) in [7, 11) is -3.86. The molecule has 0 bridgehead atoms. The fourth-order valence-corrected chi connectivity index (χ4v) is 4.99. The zero-order chi connectivity index (χ0) is 20.6. The van der Waals surface area contributed by atoms with E-state index in [1.165, 1.54) is 11.3 Å². The first-order valence-corrected chi connectivity index (χ1v) is 11.4. The van der Waals surface area contributed by atoms with Crippen molar-refractivity contribution in [1.82, 2.24) is 4.98 Å². The lowest BCUT2D eigenvalue weighted by molar-refractivity contribution is 0.582. The fraction of sp³-hybridized carbons (Fsp3) is 0.136. The van der Waals surface area contributed by atoms with Crippen LogP contribution in [-0.2, 0) is 9.84 Å². The lowest BCUT2D eigenvalue weighted by Gasteiger charge is -2.08. The van der Waals surface area contributed by atoms with E-state index in [-0.39, 0.29) is 21.7 Å². The summed E-state index contributed by atoms with van der Waals surface area (Å²) in [6, 6.07) is 16.3. The summed E-state index contributed by atoms with van der Waals surface area (Å²) in [6.07, 6.45) is 0. The standard InChI is InChI=1S/C22H20N2O3S2/c1-14-6-8-18(9-7-14)29(25,26)22-21(23-17-12-15(2)11-16(3)13-17)27-20(24-22)19-5-4-10-28-19/h4-13,23H,1-3H3. The zero-order valence-corrected chi connectivity index (χ0v) is 17.9. The third-order valence-electron chi connectivity index (χ3n) is 4.39. The number of thiophene rings is 1. The maximum Gasteiger partial charge on any atom is 0.240 e. The number of aromatic nitrogens is 1. The highest BCUT2D eigenvalue weighted by atomic mass is 32.2. The van der Waals surface area contributed by atoms with E-state index >= 15 is 0 Å². The van der Waals surface area contributed by atoms with Crippen LogP contribution >= 0.6 is 11.3 Å². The summed E-state index contributed by atoms with van der Waals surface area (Å²) in [5.74, 6) is 0.386. The molecule has 0 radical (unpaired) electrons. The van der Waals surface area contributed by atoms with Crippen LogP contribution in [0.15, 0.2) is 74.3 Å². The molecule has 7 heteroatoms. The normalized spacial score (nSPS) is 11.6. The van der Waals surface area contributed by atoms with Crippen molar-refractivity contribution in [2.75, 3.05) is 5.32 Å². The van der Waals surface area contributed by atoms with Gasteiger partial charge in [-0.3, -0.25) is 0 Å². The number of oxazole rings is 1. The van der Waals surface area contributed by atoms with Crippen LogP contribution in [0.5, 0.6) is 0 Å². The maximum atomic E-state index is 13.3. The third-order valence-corrected chi connectivity index (χ3v) is 6.93. The second kappa shape index (κ2) is 7.50. The molecule has 2 heterocycles. The highest BCUT2D eigenvalue weighted by Gasteiger charge is 2.29. The molecule has 0 amide bonds. The van der Waals surface area contributed by atoms with Crippen LogP contribution in [0.3, 0.4) is 0 Å². The van der Waals surface area contributed by atoms with Crippen molar-refractivity contribution in [1.29, 1.82) is 0 Å². The number of sulfone groups is 1. The van der Waals surface area contributed by atoms with Crippen molar-refractivity contribution in [3.05, 3.63) is 76.7 Å². The minimum absolute atomic E-state index is 0.110. The van der Waals surface area contributed by atoms with Crippen molar-refractivity contribution in [2.45, 2.75) is 30.7 Å². The average Bonchev–Trinajstić information content (AvgIpc) is 3.31. The molecule has 2 aromatic carbocycles. The lowest BCUT2D eigenvalue weighted by Crippen LogP contribution is -2.05. The fourth-order valence-electron chi connectivity index (χ4n) is 3.08. The molecule has 0 aliphatic heterocycles. The first-order valence-electron chi connectivity index (χ1n) is 9.05. The molecule has 0 fully saturated rings. The van der Waals surface area contributed by atoms with Gasteiger partial charge in [0.05, 0.1) is 9.77 Å². The number of hydrogen-bond donors (Lipinski definition) is 1. The Morgan fingerprint density at radius 1 is 0.931 bits per heavy atom. The Balaban J connectivity index is 1.84. The molecule has 0 saturated heterocycles. The minimum atomic E-state index is -3.86. The van der Waals surface area contributed by atoms with Crippen LogP contribution in [0.2, 0.25) is 0 Å². The van der Waals surface area contributed by atoms with Crippen molar-refractivity contribution < 1.29 is 12.8 Å². The van der Waals surface area contributed by atoms with Crippen LogP contribution in [0.25, 0.3) is 10.8 Å². The molecule has 1 N–H and O–H groups in total. The summed E-state index contributed by atoms with van der Waals surface area (Å²) in [5, 5.41) is 4.89. The number of hydrogen-bond acceptors (Lipinski definition) is 6. The van der Waals surface area contributed by atoms with Crippen LogP contribution in [0, 0.1) is 20.8 Å². The highest BCUT2D eigenvalue weighted by Crippen LogP contribution is 2.35. The first kappa shape index (κ1) is 19.4. The molecule has 5 nitrogen and oxygen atoms in total. The number of nitrogens with zero attached hydrogens (tertiary/aromatic N) is 1. The Kier molecular flexibility index (Phi) is 5.02. The molecule has 2 aromatic heterocycles. The van der Waals surface area contributed by atoms with Crippen molar-refractivity contribution in [2.24, 2.45) is 0 Å². The molecular formula is C22H20N2O3S2. The van der Waals surface area contributed by atoms with Gasteiger partial charge in [-0.05, 0) is 67.6 Å². The van der Waals surface area contributed by atoms with Gasteiger partial charge in [-0.25, -0.2) is 8.42 Å². The number of anilines is 2. The predicted molar refractivity (Wildman–Crippen MR) is 116 cm³/mol. The Morgan fingerprint density at radius 2 is 1.62 bits per heavy atom. The molecule has 0 unspecified atom stereocenters. The van der Waals surface area contributed by atoms with Crippen LogP contribution < -0.4 is 5.32 Å². The lowest BCUT2D eigenvalue weighted by atomic mass is 10.1. The molecule has 0 atom stereocenters. The topological polar surface area (TPSA) is 72.2 Å². The molecule has 148 valence electrons. The van der Waals surface area contributed by atoms with Crippen LogP contribution in [0.1, 0.15) is 16.7 Å². The van der Waals surface area contributed by atoms with Crippen molar-refractivity contribution in [3.8, 4) is 10.8 Å². The van der Waals surface area contributed by atoms with E-state index in [0.717, 1.165) is 27.3 Å². The van der Waals surface area contributed by atoms with E-state index < -0.39 is 9.84 Å². The zero-order valence-electron chi connectivity index (χ0n) is 16.3. The first-order chi connectivity index (χ1) is 13.8. The van der Waals surface area contributed by atoms with Gasteiger partial charge < -0.3 is 9.73 Å². The number of benzene rings is 2. The van der Waals surface area contributed by atoms with Crippen LogP contribution in [-0.4, -0.2) is 13.4 Å². The van der Waals surface area contributed by atoms with Crippen molar-refractivity contribution in [3.63, 3.8) is 0 Å². The molecular weight excluding hydrogens is 404 g/mol. The molecule has 0 spiro atoms. The Labute approximate surface area is 174 Å². The average molecular weight is 425 g/mol. The summed E-state index contributed by atoms with van der Waals surface area (Å²) >= 11 is 1.44. The summed E-state index contributed by atoms with van der Waals surface area (Å²) in [4.78, 5) is 5.30. The smallest absolute Gasteiger partial charge is 0.240 e. The second-order valence-electron chi connectivity index (χ2n) is 6.95. The quantitative estimate of drug-likeness (QED) is 0.431. The van der Waals surface area contributed by atoms with Gasteiger partial charge in [-0.15, -0.1) is 11.3 Å². The third kappa shape index (κ3) is 3.97. The van der Waals surface area contributed by atoms with Crippen LogP contribution in [0.4, 0.5) is 11.6 Å². The van der Waals surface area contributed by atoms with Gasteiger partial charge in [0.2, 0.25) is 26.6 Å². The Morgan fingerprint density at radius 3 is 2.24 bits per heavy atom. The highest BCUT2D eigenvalue weighted by molar-refractivity contribution is 7.91. The molecule has 29 heavy (non-hydrogen) atoms. The summed E-state index contributed by atoms with van der Waals surface area (Å²) < 4.78 is 32.5. The van der Waals surface area contributed by atoms with Crippen molar-refractivity contribution >= 4 is 32.7 Å². The van der Waals surface area contributed by atoms with E-state index in [0.29, 0.717) is 0 Å². The molecule has 0 aliphatic rings. The van der Waals surface area contributed by atoms with E-state index in [2.05, 4.69) is 10.3 Å². The van der Waals surface area contributed by atoms with Gasteiger partial charge >= 0.3 is 0 Å². The van der Waals surface area contributed by atoms with Gasteiger partial charge in [0.1, 0.15) is 0 Å². The van der Waals surface area contributed by atoms with Gasteiger partial charge in [0, 0.05) is 5.69 Å². The second-order valence-corrected chi connectivity index (χ2v) is 9.76. The summed E-state index contributed by atoms with van der Waals surface area (Å²) in [6.45, 7) is 5.88. The molecule has 0 aliphatic carbocycles. The number of aryl methyl sites for hydroxylation is 3. The van der Waals surface area contributed by atoms with E-state index in [1.807, 2.05) is 56.5 Å². The summed E-state index contributed by atoms with van der Waals surface area (Å²) in [5.41, 5.74) is 3.86. The monoisotopic (exact) mass is 424 g/mol. The number of nitrogens with one attached hydrogen (secondary N) is 1. The molecule has 4 rings (SSSR count). The largest absolute Gasteiger partial charge is 0.418 e. The Hall–Kier alpha value is -2.90. The number of rotatable bonds is 5. The van der Waals surface area contributed by atoms with Gasteiger partial charge in [0.25, 0.3) is 0 Å². The van der Waals surface area contributed by atoms with E-state index in [4.69, 9.17) is 4.42 Å². The van der Waals surface area contributed by atoms with Gasteiger partial charge in [-0.2, -0.15) is 4.98 Å². The SMILES string of the molecule is Cc1ccc(S(=O)(=O)c2nc(-c3cccs3)oc2Nc2cc(C)cc(C)c2)cc1. The maximum absolute atomic E-state index is 13.3. The predicted octanol–water partition coefficient (Wildman–Crippen LogP) is 5.90. The molecule has 4 aromatic rings. The Bertz CT molecular complexity index is 1240. The van der Waals surface area contributed by atoms with Gasteiger partial charge in [0.15, 0.2) is 0 Å². The van der Waals surface area contributed by atoms with E-state index in [1.54, 1.807) is 24.3 Å². The van der Waals surface area contributed by atoms with Gasteiger partial charge in [-0.1, -0.05) is 29.8 Å². The molecule has 0 saturated carbocycles. The van der Waals surface area contributed by atoms with E-state index in [9.17, 15) is 8.42 Å².